The third kappa shape index (κ3) is 6.69. The molecule has 0 aliphatic carbocycles. The van der Waals surface area contributed by atoms with Gasteiger partial charge in [0.1, 0.15) is 5.76 Å². The van der Waals surface area contributed by atoms with Crippen molar-refractivity contribution in [3.63, 3.8) is 0 Å². The lowest BCUT2D eigenvalue weighted by molar-refractivity contribution is -0.161. The standard InChI is InChI=1S/C32H39F3INO7SSi/c1-9-46(10-2,11-3)43-27(26-25(42-45(40,41)32(33,34)35)18-30(5,6)44-31(26,7)8)22-17-24(19(4)16-23(22)36)37-28(38)20-14-12-13-15-21(20)29(37)39/h12-18,26-27H,9-11H2,1-8H3/t26-,27-/m1/s1. The normalized spacial score (nSPS) is 20.4. The summed E-state index contributed by atoms with van der Waals surface area (Å²) in [5.41, 5.74) is -6.30. The minimum atomic E-state index is -6.06. The molecule has 252 valence electrons. The Morgan fingerprint density at radius 3 is 2.00 bits per heavy atom. The Labute approximate surface area is 283 Å². The topological polar surface area (TPSA) is 99.2 Å². The largest absolute Gasteiger partial charge is 0.534 e. The van der Waals surface area contributed by atoms with Crippen molar-refractivity contribution >= 4 is 58.5 Å². The number of amides is 2. The minimum Gasteiger partial charge on any atom is -0.409 e. The third-order valence-electron chi connectivity index (χ3n) is 8.83. The second-order valence-electron chi connectivity index (χ2n) is 12.8. The fraction of sp³-hybridized carbons (Fsp3) is 0.500. The molecule has 2 aromatic rings. The maximum Gasteiger partial charge on any atom is 0.534 e. The van der Waals surface area contributed by atoms with Crippen LogP contribution in [0.1, 0.15) is 86.4 Å². The predicted octanol–water partition coefficient (Wildman–Crippen LogP) is 8.42. The average Bonchev–Trinajstić information content (AvgIpc) is 3.18. The Morgan fingerprint density at radius 1 is 1.00 bits per heavy atom. The zero-order valence-electron chi connectivity index (χ0n) is 27.0. The van der Waals surface area contributed by atoms with Gasteiger partial charge in [0.25, 0.3) is 11.8 Å². The molecule has 0 fully saturated rings. The first-order valence-corrected chi connectivity index (χ1v) is 20.0. The number of anilines is 1. The summed E-state index contributed by atoms with van der Waals surface area (Å²) in [5, 5.41) is 0. The van der Waals surface area contributed by atoms with Gasteiger partial charge in [-0.05, 0) is 117 Å². The number of nitrogens with zero attached hydrogens (tertiary/aromatic N) is 1. The predicted molar refractivity (Wildman–Crippen MR) is 179 cm³/mol. The monoisotopic (exact) mass is 793 g/mol. The lowest BCUT2D eigenvalue weighted by Gasteiger charge is -2.49. The van der Waals surface area contributed by atoms with Gasteiger partial charge in [-0.3, -0.25) is 9.59 Å². The van der Waals surface area contributed by atoms with Crippen LogP contribution in [0.3, 0.4) is 0 Å². The van der Waals surface area contributed by atoms with E-state index in [9.17, 15) is 31.2 Å². The number of hydrogen-bond acceptors (Lipinski definition) is 7. The number of benzene rings is 2. The first-order valence-electron chi connectivity index (χ1n) is 15.0. The number of carbonyl (C=O) groups is 2. The molecule has 0 bridgehead atoms. The molecule has 0 saturated heterocycles. The summed E-state index contributed by atoms with van der Waals surface area (Å²) in [7, 11) is -8.65. The molecule has 2 amide bonds. The van der Waals surface area contributed by atoms with Crippen LogP contribution in [0.25, 0.3) is 0 Å². The number of ether oxygens (including phenoxy) is 1. The number of imide groups is 1. The molecule has 0 radical (unpaired) electrons. The van der Waals surface area contributed by atoms with Crippen molar-refractivity contribution in [1.82, 2.24) is 0 Å². The average molecular weight is 794 g/mol. The van der Waals surface area contributed by atoms with E-state index in [2.05, 4.69) is 22.6 Å². The van der Waals surface area contributed by atoms with E-state index in [1.54, 1.807) is 71.0 Å². The summed E-state index contributed by atoms with van der Waals surface area (Å²) in [6, 6.07) is 11.9. The van der Waals surface area contributed by atoms with Crippen molar-refractivity contribution in [2.45, 2.75) is 96.3 Å². The molecule has 0 aromatic heterocycles. The number of rotatable bonds is 10. The van der Waals surface area contributed by atoms with Crippen LogP contribution in [0.5, 0.6) is 0 Å². The van der Waals surface area contributed by atoms with Crippen LogP contribution in [-0.2, 0) is 23.5 Å². The van der Waals surface area contributed by atoms with E-state index in [1.165, 1.54) is 6.08 Å². The van der Waals surface area contributed by atoms with Crippen LogP contribution in [0.15, 0.2) is 48.2 Å². The Bertz CT molecular complexity index is 1640. The summed E-state index contributed by atoms with van der Waals surface area (Å²) in [4.78, 5) is 28.1. The molecule has 2 aliphatic heterocycles. The zero-order chi connectivity index (χ0) is 34.6. The molecule has 0 saturated carbocycles. The zero-order valence-corrected chi connectivity index (χ0v) is 31.0. The number of aryl methyl sites for hydroxylation is 1. The maximum absolute atomic E-state index is 13.7. The Kier molecular flexibility index (Phi) is 10.0. The molecular weight excluding hydrogens is 754 g/mol. The van der Waals surface area contributed by atoms with E-state index in [-0.39, 0.29) is 16.8 Å². The SMILES string of the molecule is CC[Si](CC)(CC)O[C@H](c1cc(N2C(=O)c3ccccc3C2=O)c(C)cc1I)[C@H]1C(OS(=O)(=O)C(F)(F)F)=CC(C)(C)OC1(C)C. The molecule has 46 heavy (non-hydrogen) atoms. The van der Waals surface area contributed by atoms with Crippen LogP contribution in [-0.4, -0.2) is 45.3 Å². The molecule has 0 spiro atoms. The minimum absolute atomic E-state index is 0.259. The van der Waals surface area contributed by atoms with Crippen molar-refractivity contribution in [3.8, 4) is 0 Å². The maximum atomic E-state index is 13.7. The number of halogens is 4. The van der Waals surface area contributed by atoms with Gasteiger partial charge in [0.15, 0.2) is 8.32 Å². The molecule has 2 heterocycles. The first-order chi connectivity index (χ1) is 21.1. The van der Waals surface area contributed by atoms with Crippen molar-refractivity contribution in [3.05, 3.63) is 74.1 Å². The van der Waals surface area contributed by atoms with Gasteiger partial charge >= 0.3 is 15.6 Å². The van der Waals surface area contributed by atoms with Crippen molar-refractivity contribution in [1.29, 1.82) is 0 Å². The van der Waals surface area contributed by atoms with Gasteiger partial charge in [0, 0.05) is 3.57 Å². The number of fused-ring (bicyclic) bond motifs is 1. The molecule has 14 heteroatoms. The van der Waals surface area contributed by atoms with E-state index in [1.807, 2.05) is 20.8 Å². The highest BCUT2D eigenvalue weighted by molar-refractivity contribution is 14.1. The van der Waals surface area contributed by atoms with Gasteiger partial charge in [0.2, 0.25) is 0 Å². The van der Waals surface area contributed by atoms with Crippen LogP contribution in [0.4, 0.5) is 18.9 Å². The molecule has 2 aromatic carbocycles. The summed E-state index contributed by atoms with van der Waals surface area (Å²) < 4.78 is 85.1. The van der Waals surface area contributed by atoms with Gasteiger partial charge in [-0.25, -0.2) is 4.90 Å². The molecule has 2 aliphatic rings. The van der Waals surface area contributed by atoms with Gasteiger partial charge < -0.3 is 13.3 Å². The highest BCUT2D eigenvalue weighted by Gasteiger charge is 2.55. The van der Waals surface area contributed by atoms with Crippen LogP contribution >= 0.6 is 22.6 Å². The molecule has 4 rings (SSSR count). The molecule has 0 unspecified atom stereocenters. The second-order valence-corrected chi connectivity index (χ2v) is 20.2. The van der Waals surface area contributed by atoms with Gasteiger partial charge in [-0.1, -0.05) is 32.9 Å². The Balaban J connectivity index is 2.00. The number of alkyl halides is 3. The smallest absolute Gasteiger partial charge is 0.409 e. The van der Waals surface area contributed by atoms with Gasteiger partial charge in [0.05, 0.1) is 40.0 Å². The van der Waals surface area contributed by atoms with Crippen molar-refractivity contribution in [2.24, 2.45) is 5.92 Å². The third-order valence-corrected chi connectivity index (χ3v) is 15.4. The van der Waals surface area contributed by atoms with E-state index < -0.39 is 64.7 Å². The lowest BCUT2D eigenvalue weighted by Crippen LogP contribution is -2.52. The molecular formula is C32H39F3INO7SSi. The number of hydrogen-bond donors (Lipinski definition) is 0. The van der Waals surface area contributed by atoms with E-state index >= 15 is 0 Å². The molecule has 0 N–H and O–H groups in total. The van der Waals surface area contributed by atoms with Crippen LogP contribution < -0.4 is 4.90 Å². The Hall–Kier alpha value is -2.27. The lowest BCUT2D eigenvalue weighted by atomic mass is 9.77. The van der Waals surface area contributed by atoms with Gasteiger partial charge in [-0.2, -0.15) is 21.6 Å². The second kappa shape index (κ2) is 12.6. The summed E-state index contributed by atoms with van der Waals surface area (Å²) in [6.07, 6.45) is 0.177. The van der Waals surface area contributed by atoms with E-state index in [0.29, 0.717) is 32.8 Å². The summed E-state index contributed by atoms with van der Waals surface area (Å²) in [6.45, 7) is 14.3. The van der Waals surface area contributed by atoms with Crippen LogP contribution in [0, 0.1) is 16.4 Å². The molecule has 2 atom stereocenters. The van der Waals surface area contributed by atoms with Crippen LogP contribution in [0.2, 0.25) is 18.1 Å². The summed E-state index contributed by atoms with van der Waals surface area (Å²) in [5.74, 6) is -2.64. The van der Waals surface area contributed by atoms with E-state index in [4.69, 9.17) is 13.3 Å². The van der Waals surface area contributed by atoms with E-state index in [0.717, 1.165) is 4.90 Å². The first kappa shape index (κ1) is 36.6. The van der Waals surface area contributed by atoms with Crippen molar-refractivity contribution in [2.75, 3.05) is 4.90 Å². The fourth-order valence-electron chi connectivity index (χ4n) is 6.43. The Morgan fingerprint density at radius 2 is 1.52 bits per heavy atom. The highest BCUT2D eigenvalue weighted by atomic mass is 127. The fourth-order valence-corrected chi connectivity index (χ4v) is 10.7. The molecule has 8 nitrogen and oxygen atoms in total. The highest BCUT2D eigenvalue weighted by Crippen LogP contribution is 2.51. The summed E-state index contributed by atoms with van der Waals surface area (Å²) >= 11 is 2.09. The number of carbonyl (C=O) groups excluding carboxylic acids is 2. The quantitative estimate of drug-likeness (QED) is 0.0784. The van der Waals surface area contributed by atoms with Crippen molar-refractivity contribution < 1.29 is 44.5 Å². The van der Waals surface area contributed by atoms with Gasteiger partial charge in [-0.15, -0.1) is 0 Å².